The quantitative estimate of drug-likeness (QED) is 0.0467. The van der Waals surface area contributed by atoms with Gasteiger partial charge in [-0.25, -0.2) is 0 Å². The number of hydrogen-bond acceptors (Lipinski definition) is 4. The van der Waals surface area contributed by atoms with Crippen LogP contribution >= 0.6 is 0 Å². The standard InChI is InChI=1S/C37H72O4/c1-3-5-7-9-11-13-15-16-17-18-19-20-21-22-24-26-28-30-32-37(39)41-36(34-38)35-40-33-31-29-27-25-23-14-12-10-8-6-4-2/h17-18,36,38H,3-16,19-35H2,1-2H3/b18-17-. The Hall–Kier alpha value is -0.870. The first-order valence-electron chi connectivity index (χ1n) is 18.3. The molecule has 0 rings (SSSR count). The Morgan fingerprint density at radius 3 is 1.39 bits per heavy atom. The summed E-state index contributed by atoms with van der Waals surface area (Å²) in [6.07, 6.45) is 39.6. The maximum atomic E-state index is 12.1. The molecule has 4 heteroatoms. The molecule has 0 aliphatic heterocycles. The molecule has 0 saturated heterocycles. The van der Waals surface area contributed by atoms with E-state index in [0.717, 1.165) is 19.3 Å². The average Bonchev–Trinajstić information content (AvgIpc) is 2.98. The summed E-state index contributed by atoms with van der Waals surface area (Å²) in [5.74, 6) is -0.203. The summed E-state index contributed by atoms with van der Waals surface area (Å²) in [6, 6.07) is 0. The molecule has 0 amide bonds. The van der Waals surface area contributed by atoms with Crippen LogP contribution in [0.5, 0.6) is 0 Å². The Morgan fingerprint density at radius 1 is 0.561 bits per heavy atom. The van der Waals surface area contributed by atoms with Crippen molar-refractivity contribution in [3.05, 3.63) is 12.2 Å². The van der Waals surface area contributed by atoms with Crippen LogP contribution < -0.4 is 0 Å². The van der Waals surface area contributed by atoms with Crippen molar-refractivity contribution in [3.63, 3.8) is 0 Å². The van der Waals surface area contributed by atoms with Crippen LogP contribution in [0.2, 0.25) is 0 Å². The molecule has 0 heterocycles. The Morgan fingerprint density at radius 2 is 0.951 bits per heavy atom. The van der Waals surface area contributed by atoms with Gasteiger partial charge in [0.25, 0.3) is 0 Å². The summed E-state index contributed by atoms with van der Waals surface area (Å²) in [6.45, 7) is 5.36. The number of aliphatic hydroxyl groups is 1. The molecule has 4 nitrogen and oxygen atoms in total. The van der Waals surface area contributed by atoms with Gasteiger partial charge in [-0.05, 0) is 38.5 Å². The minimum absolute atomic E-state index is 0.168. The molecule has 0 aliphatic carbocycles. The van der Waals surface area contributed by atoms with Crippen molar-refractivity contribution < 1.29 is 19.4 Å². The van der Waals surface area contributed by atoms with Crippen LogP contribution in [0.25, 0.3) is 0 Å². The first-order valence-corrected chi connectivity index (χ1v) is 18.3. The number of ether oxygens (including phenoxy) is 2. The Labute approximate surface area is 256 Å². The van der Waals surface area contributed by atoms with E-state index >= 15 is 0 Å². The van der Waals surface area contributed by atoms with Gasteiger partial charge >= 0.3 is 5.97 Å². The van der Waals surface area contributed by atoms with Crippen molar-refractivity contribution in [3.8, 4) is 0 Å². The number of hydrogen-bond donors (Lipinski definition) is 1. The summed E-state index contributed by atoms with van der Waals surface area (Å²) >= 11 is 0. The van der Waals surface area contributed by atoms with Gasteiger partial charge in [0.2, 0.25) is 0 Å². The zero-order chi connectivity index (χ0) is 29.9. The topological polar surface area (TPSA) is 55.8 Å². The molecule has 0 aromatic carbocycles. The first-order chi connectivity index (χ1) is 20.2. The lowest BCUT2D eigenvalue weighted by Crippen LogP contribution is -2.27. The van der Waals surface area contributed by atoms with Gasteiger partial charge in [0.1, 0.15) is 6.10 Å². The third-order valence-electron chi connectivity index (χ3n) is 8.09. The van der Waals surface area contributed by atoms with E-state index in [4.69, 9.17) is 9.47 Å². The van der Waals surface area contributed by atoms with E-state index < -0.39 is 6.10 Å². The Kier molecular flexibility index (Phi) is 34.6. The lowest BCUT2D eigenvalue weighted by atomic mass is 10.1. The van der Waals surface area contributed by atoms with Gasteiger partial charge in [0, 0.05) is 13.0 Å². The molecule has 0 bridgehead atoms. The summed E-state index contributed by atoms with van der Waals surface area (Å²) in [4.78, 5) is 12.1. The number of unbranched alkanes of at least 4 members (excludes halogenated alkanes) is 24. The van der Waals surface area contributed by atoms with E-state index in [1.807, 2.05) is 0 Å². The van der Waals surface area contributed by atoms with Crippen LogP contribution in [0.4, 0.5) is 0 Å². The summed E-state index contributed by atoms with van der Waals surface area (Å²) < 4.78 is 11.1. The van der Waals surface area contributed by atoms with Crippen molar-refractivity contribution in [1.29, 1.82) is 0 Å². The van der Waals surface area contributed by atoms with Crippen molar-refractivity contribution in [2.75, 3.05) is 19.8 Å². The number of aliphatic hydroxyl groups excluding tert-OH is 1. The van der Waals surface area contributed by atoms with Gasteiger partial charge in [-0.3, -0.25) is 4.79 Å². The summed E-state index contributed by atoms with van der Waals surface area (Å²) in [5.41, 5.74) is 0. The van der Waals surface area contributed by atoms with E-state index in [0.29, 0.717) is 19.6 Å². The molecule has 0 saturated carbocycles. The molecule has 0 aromatic heterocycles. The molecular formula is C37H72O4. The molecule has 0 radical (unpaired) electrons. The van der Waals surface area contributed by atoms with Crippen molar-refractivity contribution in [2.24, 2.45) is 0 Å². The number of allylic oxidation sites excluding steroid dienone is 2. The van der Waals surface area contributed by atoms with Crippen LogP contribution in [0.1, 0.15) is 194 Å². The van der Waals surface area contributed by atoms with E-state index in [9.17, 15) is 9.90 Å². The fourth-order valence-corrected chi connectivity index (χ4v) is 5.32. The largest absolute Gasteiger partial charge is 0.457 e. The minimum Gasteiger partial charge on any atom is -0.457 e. The zero-order valence-corrected chi connectivity index (χ0v) is 27.8. The van der Waals surface area contributed by atoms with E-state index in [2.05, 4.69) is 26.0 Å². The second kappa shape index (κ2) is 35.3. The maximum Gasteiger partial charge on any atom is 0.306 e. The van der Waals surface area contributed by atoms with E-state index in [1.54, 1.807) is 0 Å². The average molecular weight is 581 g/mol. The molecular weight excluding hydrogens is 508 g/mol. The van der Waals surface area contributed by atoms with E-state index in [-0.39, 0.29) is 12.6 Å². The normalized spacial score (nSPS) is 12.4. The van der Waals surface area contributed by atoms with Crippen LogP contribution in [0.3, 0.4) is 0 Å². The molecule has 1 unspecified atom stereocenters. The highest BCUT2D eigenvalue weighted by atomic mass is 16.6. The second-order valence-electron chi connectivity index (χ2n) is 12.3. The van der Waals surface area contributed by atoms with Crippen LogP contribution in [-0.2, 0) is 14.3 Å². The second-order valence-corrected chi connectivity index (χ2v) is 12.3. The van der Waals surface area contributed by atoms with Crippen LogP contribution in [0.15, 0.2) is 12.2 Å². The van der Waals surface area contributed by atoms with Gasteiger partial charge in [-0.1, -0.05) is 161 Å². The molecule has 0 fully saturated rings. The monoisotopic (exact) mass is 581 g/mol. The number of carbonyl (C=O) groups excluding carboxylic acids is 1. The van der Waals surface area contributed by atoms with Crippen molar-refractivity contribution in [1.82, 2.24) is 0 Å². The zero-order valence-electron chi connectivity index (χ0n) is 27.8. The predicted octanol–water partition coefficient (Wildman–Crippen LogP) is 11.4. The lowest BCUT2D eigenvalue weighted by molar-refractivity contribution is -0.154. The SMILES string of the molecule is CCCCCCCCC/C=C\CCCCCCCCCC(=O)OC(CO)COCCCCCCCCCCCCC. The summed E-state index contributed by atoms with van der Waals surface area (Å²) in [5, 5.41) is 9.53. The fraction of sp³-hybridized carbons (Fsp3) is 0.919. The van der Waals surface area contributed by atoms with Crippen LogP contribution in [0, 0.1) is 0 Å². The highest BCUT2D eigenvalue weighted by Crippen LogP contribution is 2.13. The third-order valence-corrected chi connectivity index (χ3v) is 8.09. The molecule has 1 N–H and O–H groups in total. The highest BCUT2D eigenvalue weighted by Gasteiger charge is 2.13. The Bertz CT molecular complexity index is 533. The van der Waals surface area contributed by atoms with Gasteiger partial charge < -0.3 is 14.6 Å². The molecule has 0 aliphatic rings. The van der Waals surface area contributed by atoms with Crippen molar-refractivity contribution >= 4 is 5.97 Å². The van der Waals surface area contributed by atoms with Gasteiger partial charge in [0.15, 0.2) is 0 Å². The smallest absolute Gasteiger partial charge is 0.306 e. The highest BCUT2D eigenvalue weighted by molar-refractivity contribution is 5.69. The van der Waals surface area contributed by atoms with Crippen molar-refractivity contribution in [2.45, 2.75) is 200 Å². The minimum atomic E-state index is -0.528. The molecule has 0 aromatic rings. The predicted molar refractivity (Wildman–Crippen MR) is 178 cm³/mol. The molecule has 0 spiro atoms. The number of esters is 1. The van der Waals surface area contributed by atoms with E-state index in [1.165, 1.54) is 154 Å². The maximum absolute atomic E-state index is 12.1. The van der Waals surface area contributed by atoms with Gasteiger partial charge in [0.05, 0.1) is 13.2 Å². The molecule has 244 valence electrons. The first kappa shape index (κ1) is 40.1. The lowest BCUT2D eigenvalue weighted by Gasteiger charge is -2.16. The van der Waals surface area contributed by atoms with Gasteiger partial charge in [-0.2, -0.15) is 0 Å². The molecule has 1 atom stereocenters. The van der Waals surface area contributed by atoms with Crippen LogP contribution in [-0.4, -0.2) is 37.0 Å². The molecule has 41 heavy (non-hydrogen) atoms. The fourth-order valence-electron chi connectivity index (χ4n) is 5.32. The summed E-state index contributed by atoms with van der Waals surface area (Å²) in [7, 11) is 0. The Balaban J connectivity index is 3.42. The number of rotatable bonds is 34. The third kappa shape index (κ3) is 33.5. The van der Waals surface area contributed by atoms with Gasteiger partial charge in [-0.15, -0.1) is 0 Å². The number of carbonyl (C=O) groups is 1.